The Morgan fingerprint density at radius 3 is 2.18 bits per heavy atom. The van der Waals surface area contributed by atoms with Gasteiger partial charge in [0.2, 0.25) is 0 Å². The van der Waals surface area contributed by atoms with Crippen molar-refractivity contribution in [2.24, 2.45) is 0 Å². The van der Waals surface area contributed by atoms with Crippen LogP contribution < -0.4 is 0 Å². The molecule has 0 saturated carbocycles. The third-order valence-electron chi connectivity index (χ3n) is 2.18. The summed E-state index contributed by atoms with van der Waals surface area (Å²) in [6, 6.07) is 0. The number of hydrogen-bond donors (Lipinski definition) is 1. The third-order valence-corrected chi connectivity index (χ3v) is 2.18. The van der Waals surface area contributed by atoms with Gasteiger partial charge in [-0.2, -0.15) is 0 Å². The summed E-state index contributed by atoms with van der Waals surface area (Å²) in [7, 11) is 0. The van der Waals surface area contributed by atoms with Gasteiger partial charge in [0.15, 0.2) is 0 Å². The van der Waals surface area contributed by atoms with E-state index in [4.69, 9.17) is 0 Å². The van der Waals surface area contributed by atoms with Crippen LogP contribution in [0, 0.1) is 0 Å². The van der Waals surface area contributed by atoms with Gasteiger partial charge in [-0.05, 0) is 40.0 Å². The summed E-state index contributed by atoms with van der Waals surface area (Å²) < 4.78 is 0. The Balaban J connectivity index is 3.63. The molecule has 0 aliphatic carbocycles. The van der Waals surface area contributed by atoms with E-state index in [9.17, 15) is 5.11 Å². The fourth-order valence-corrected chi connectivity index (χ4v) is 0.837. The van der Waals surface area contributed by atoms with E-state index in [1.807, 2.05) is 6.92 Å². The highest BCUT2D eigenvalue weighted by atomic mass is 16.3. The van der Waals surface area contributed by atoms with Crippen molar-refractivity contribution in [1.82, 2.24) is 0 Å². The van der Waals surface area contributed by atoms with E-state index in [1.54, 1.807) is 0 Å². The fourth-order valence-electron chi connectivity index (χ4n) is 0.837. The topological polar surface area (TPSA) is 20.2 Å². The molecule has 0 aromatic heterocycles. The van der Waals surface area contributed by atoms with Crippen molar-refractivity contribution in [3.8, 4) is 0 Å². The summed E-state index contributed by atoms with van der Waals surface area (Å²) in [5.74, 6) is 0. The van der Waals surface area contributed by atoms with Crippen LogP contribution in [0.3, 0.4) is 0 Å². The number of aliphatic hydroxyl groups is 1. The van der Waals surface area contributed by atoms with Crippen LogP contribution in [0.4, 0.5) is 0 Å². The van der Waals surface area contributed by atoms with Crippen molar-refractivity contribution in [3.05, 3.63) is 11.1 Å². The van der Waals surface area contributed by atoms with Crippen LogP contribution in [0.2, 0.25) is 0 Å². The van der Waals surface area contributed by atoms with Crippen molar-refractivity contribution >= 4 is 0 Å². The Morgan fingerprint density at radius 1 is 1.27 bits per heavy atom. The lowest BCUT2D eigenvalue weighted by molar-refractivity contribution is 0.160. The molecule has 0 rings (SSSR count). The monoisotopic (exact) mass is 156 g/mol. The maximum Gasteiger partial charge on any atom is 0.0540 e. The molecule has 0 heterocycles. The molecule has 0 bridgehead atoms. The van der Waals surface area contributed by atoms with E-state index in [0.29, 0.717) is 0 Å². The number of aliphatic hydroxyl groups excluding tert-OH is 1. The van der Waals surface area contributed by atoms with Gasteiger partial charge in [-0.15, -0.1) is 0 Å². The molecule has 0 aromatic carbocycles. The zero-order valence-corrected chi connectivity index (χ0v) is 8.15. The van der Waals surface area contributed by atoms with Gasteiger partial charge in [-0.25, -0.2) is 0 Å². The largest absolute Gasteiger partial charge is 0.393 e. The van der Waals surface area contributed by atoms with E-state index < -0.39 is 0 Å². The van der Waals surface area contributed by atoms with Crippen molar-refractivity contribution in [3.63, 3.8) is 0 Å². The lowest BCUT2D eigenvalue weighted by Gasteiger charge is -2.08. The standard InChI is InChI=1S/C10H20O/c1-5-10(11)7-6-9(4)8(2)3/h10-11H,5-7H2,1-4H3. The van der Waals surface area contributed by atoms with Crippen molar-refractivity contribution in [2.75, 3.05) is 0 Å². The normalized spacial score (nSPS) is 12.8. The van der Waals surface area contributed by atoms with Crippen molar-refractivity contribution in [1.29, 1.82) is 0 Å². The summed E-state index contributed by atoms with van der Waals surface area (Å²) in [5.41, 5.74) is 2.80. The lowest BCUT2D eigenvalue weighted by atomic mass is 10.0. The molecular formula is C10H20O. The Kier molecular flexibility index (Phi) is 5.22. The fraction of sp³-hybridized carbons (Fsp3) is 0.800. The predicted molar refractivity (Wildman–Crippen MR) is 49.6 cm³/mol. The van der Waals surface area contributed by atoms with Gasteiger partial charge in [-0.3, -0.25) is 0 Å². The average molecular weight is 156 g/mol. The van der Waals surface area contributed by atoms with Gasteiger partial charge < -0.3 is 5.11 Å². The molecule has 66 valence electrons. The highest BCUT2D eigenvalue weighted by molar-refractivity contribution is 5.06. The minimum atomic E-state index is -0.107. The summed E-state index contributed by atoms with van der Waals surface area (Å²) in [6.45, 7) is 8.39. The molecule has 1 atom stereocenters. The zero-order chi connectivity index (χ0) is 8.85. The molecule has 1 heteroatoms. The molecular weight excluding hydrogens is 136 g/mol. The minimum Gasteiger partial charge on any atom is -0.393 e. The molecule has 1 nitrogen and oxygen atoms in total. The predicted octanol–water partition coefficient (Wildman–Crippen LogP) is 2.89. The second-order valence-corrected chi connectivity index (χ2v) is 3.38. The second-order valence-electron chi connectivity index (χ2n) is 3.38. The third kappa shape index (κ3) is 5.02. The molecule has 0 aromatic rings. The Hall–Kier alpha value is -0.300. The highest BCUT2D eigenvalue weighted by Crippen LogP contribution is 2.12. The smallest absolute Gasteiger partial charge is 0.0540 e. The first-order valence-electron chi connectivity index (χ1n) is 4.39. The van der Waals surface area contributed by atoms with E-state index in [0.717, 1.165) is 19.3 Å². The Bertz CT molecular complexity index is 132. The van der Waals surface area contributed by atoms with Gasteiger partial charge in [-0.1, -0.05) is 18.1 Å². The van der Waals surface area contributed by atoms with Crippen LogP contribution in [0.5, 0.6) is 0 Å². The van der Waals surface area contributed by atoms with Crippen LogP contribution in [0.25, 0.3) is 0 Å². The van der Waals surface area contributed by atoms with Gasteiger partial charge >= 0.3 is 0 Å². The van der Waals surface area contributed by atoms with Crippen LogP contribution in [-0.4, -0.2) is 11.2 Å². The molecule has 0 spiro atoms. The van der Waals surface area contributed by atoms with Gasteiger partial charge in [0.25, 0.3) is 0 Å². The van der Waals surface area contributed by atoms with Crippen molar-refractivity contribution in [2.45, 2.75) is 53.1 Å². The maximum absolute atomic E-state index is 9.27. The van der Waals surface area contributed by atoms with E-state index in [2.05, 4.69) is 20.8 Å². The van der Waals surface area contributed by atoms with Gasteiger partial charge in [0.1, 0.15) is 0 Å². The molecule has 1 N–H and O–H groups in total. The van der Waals surface area contributed by atoms with Crippen LogP contribution in [0.1, 0.15) is 47.0 Å². The molecule has 0 amide bonds. The number of allylic oxidation sites excluding steroid dienone is 2. The zero-order valence-electron chi connectivity index (χ0n) is 8.15. The SMILES string of the molecule is CCC(O)CCC(C)=C(C)C. The summed E-state index contributed by atoms with van der Waals surface area (Å²) in [4.78, 5) is 0. The minimum absolute atomic E-state index is 0.107. The summed E-state index contributed by atoms with van der Waals surface area (Å²) in [6.07, 6.45) is 2.71. The van der Waals surface area contributed by atoms with E-state index in [1.165, 1.54) is 11.1 Å². The molecule has 0 aliphatic heterocycles. The van der Waals surface area contributed by atoms with E-state index >= 15 is 0 Å². The summed E-state index contributed by atoms with van der Waals surface area (Å²) >= 11 is 0. The van der Waals surface area contributed by atoms with E-state index in [-0.39, 0.29) is 6.10 Å². The van der Waals surface area contributed by atoms with Crippen LogP contribution >= 0.6 is 0 Å². The molecule has 0 fully saturated rings. The van der Waals surface area contributed by atoms with Gasteiger partial charge in [0, 0.05) is 0 Å². The number of rotatable bonds is 4. The Morgan fingerprint density at radius 2 is 1.82 bits per heavy atom. The first-order valence-corrected chi connectivity index (χ1v) is 4.39. The molecule has 0 aliphatic rings. The average Bonchev–Trinajstić information content (AvgIpc) is 1.99. The molecule has 0 radical (unpaired) electrons. The van der Waals surface area contributed by atoms with Crippen LogP contribution in [0.15, 0.2) is 11.1 Å². The maximum atomic E-state index is 9.27. The molecule has 11 heavy (non-hydrogen) atoms. The first kappa shape index (κ1) is 10.7. The highest BCUT2D eigenvalue weighted by Gasteiger charge is 2.00. The molecule has 0 saturated heterocycles. The van der Waals surface area contributed by atoms with Gasteiger partial charge in [0.05, 0.1) is 6.10 Å². The quantitative estimate of drug-likeness (QED) is 0.620. The summed E-state index contributed by atoms with van der Waals surface area (Å²) in [5, 5.41) is 9.27. The van der Waals surface area contributed by atoms with Crippen LogP contribution in [-0.2, 0) is 0 Å². The first-order chi connectivity index (χ1) is 5.07. The Labute approximate surface area is 70.1 Å². The number of hydrogen-bond acceptors (Lipinski definition) is 1. The second kappa shape index (κ2) is 5.36. The lowest BCUT2D eigenvalue weighted by Crippen LogP contribution is -2.03. The molecule has 1 unspecified atom stereocenters. The van der Waals surface area contributed by atoms with Crippen molar-refractivity contribution < 1.29 is 5.11 Å².